The van der Waals surface area contributed by atoms with Crippen LogP contribution in [0, 0.1) is 0 Å². The molecule has 1 heterocycles. The molecule has 84 valence electrons. The maximum absolute atomic E-state index is 12.9. The summed E-state index contributed by atoms with van der Waals surface area (Å²) >= 11 is 6.54. The van der Waals surface area contributed by atoms with Gasteiger partial charge in [-0.15, -0.1) is 11.6 Å². The van der Waals surface area contributed by atoms with Gasteiger partial charge < -0.3 is 0 Å². The van der Waals surface area contributed by atoms with Gasteiger partial charge in [-0.05, 0) is 12.1 Å². The zero-order valence-electron chi connectivity index (χ0n) is 8.11. The van der Waals surface area contributed by atoms with Crippen molar-refractivity contribution in [2.24, 2.45) is 0 Å². The maximum Gasteiger partial charge on any atom is 0.261 e. The maximum atomic E-state index is 12.9. The number of halogens is 2. The number of rotatable bonds is 3. The number of hydrogen-bond donors (Lipinski definition) is 1. The lowest BCUT2D eigenvalue weighted by atomic mass is 10.3. The molecular formula is C10H8ClFN2OS. The van der Waals surface area contributed by atoms with Gasteiger partial charge in [0.2, 0.25) is 0 Å². The van der Waals surface area contributed by atoms with Crippen molar-refractivity contribution in [2.75, 3.05) is 11.2 Å². The average molecular weight is 259 g/mol. The minimum atomic E-state index is -1.70. The van der Waals surface area contributed by atoms with Gasteiger partial charge in [0, 0.05) is 0 Å². The summed E-state index contributed by atoms with van der Waals surface area (Å²) in [6.45, 7) is 0. The van der Waals surface area contributed by atoms with Crippen molar-refractivity contribution in [1.29, 1.82) is 0 Å². The highest BCUT2D eigenvalue weighted by molar-refractivity contribution is 7.22. The van der Waals surface area contributed by atoms with Gasteiger partial charge >= 0.3 is 0 Å². The number of carbonyl (C=O) groups is 1. The van der Waals surface area contributed by atoms with Crippen molar-refractivity contribution in [1.82, 2.24) is 4.98 Å². The molecule has 16 heavy (non-hydrogen) atoms. The molecule has 0 saturated heterocycles. The number of carbonyl (C=O) groups excluding carboxylic acids is 1. The Kier molecular flexibility index (Phi) is 3.36. The van der Waals surface area contributed by atoms with Crippen LogP contribution >= 0.6 is 22.9 Å². The largest absolute Gasteiger partial charge is 0.299 e. The van der Waals surface area contributed by atoms with E-state index in [0.717, 1.165) is 10.2 Å². The number of anilines is 1. The van der Waals surface area contributed by atoms with Gasteiger partial charge in [-0.25, -0.2) is 9.37 Å². The Morgan fingerprint density at radius 2 is 2.31 bits per heavy atom. The van der Waals surface area contributed by atoms with E-state index in [-0.39, 0.29) is 5.88 Å². The van der Waals surface area contributed by atoms with Gasteiger partial charge in [0.25, 0.3) is 5.91 Å². The highest BCUT2D eigenvalue weighted by Gasteiger charge is 2.17. The molecule has 1 amide bonds. The van der Waals surface area contributed by atoms with E-state index in [1.54, 1.807) is 0 Å². The van der Waals surface area contributed by atoms with Crippen LogP contribution in [0.15, 0.2) is 24.3 Å². The van der Waals surface area contributed by atoms with Crippen molar-refractivity contribution in [3.8, 4) is 0 Å². The number of aromatic nitrogens is 1. The van der Waals surface area contributed by atoms with E-state index in [0.29, 0.717) is 5.13 Å². The fourth-order valence-corrected chi connectivity index (χ4v) is 2.19. The van der Waals surface area contributed by atoms with Gasteiger partial charge in [-0.2, -0.15) is 0 Å². The molecule has 0 fully saturated rings. The van der Waals surface area contributed by atoms with Gasteiger partial charge in [-0.3, -0.25) is 10.1 Å². The minimum Gasteiger partial charge on any atom is -0.299 e. The Morgan fingerprint density at radius 1 is 1.56 bits per heavy atom. The van der Waals surface area contributed by atoms with Gasteiger partial charge in [0.1, 0.15) is 0 Å². The molecule has 0 aliphatic carbocycles. The molecule has 0 aliphatic rings. The molecular weight excluding hydrogens is 251 g/mol. The van der Waals surface area contributed by atoms with E-state index in [9.17, 15) is 9.18 Å². The summed E-state index contributed by atoms with van der Waals surface area (Å²) in [5, 5.41) is 2.78. The lowest BCUT2D eigenvalue weighted by Gasteiger charge is -2.02. The summed E-state index contributed by atoms with van der Waals surface area (Å²) in [4.78, 5) is 15.4. The van der Waals surface area contributed by atoms with Crippen LogP contribution in [0.25, 0.3) is 10.2 Å². The van der Waals surface area contributed by atoms with Gasteiger partial charge in [-0.1, -0.05) is 23.5 Å². The number of benzene rings is 1. The van der Waals surface area contributed by atoms with E-state index >= 15 is 0 Å². The molecule has 0 bridgehead atoms. The molecule has 1 atom stereocenters. The molecule has 1 aromatic heterocycles. The molecule has 2 aromatic rings. The summed E-state index contributed by atoms with van der Waals surface area (Å²) in [6.07, 6.45) is -1.70. The predicted octanol–water partition coefficient (Wildman–Crippen LogP) is 2.81. The van der Waals surface area contributed by atoms with E-state index in [1.165, 1.54) is 11.3 Å². The molecule has 0 spiro atoms. The quantitative estimate of drug-likeness (QED) is 0.861. The standard InChI is InChI=1S/C10H8ClFN2OS/c11-5-6(12)9(15)14-10-13-7-3-1-2-4-8(7)16-10/h1-4,6H,5H2,(H,13,14,15)/t6-/m0/s1. The molecule has 6 heteroatoms. The molecule has 1 aromatic carbocycles. The fourth-order valence-electron chi connectivity index (χ4n) is 1.18. The molecule has 3 nitrogen and oxygen atoms in total. The highest BCUT2D eigenvalue weighted by atomic mass is 35.5. The van der Waals surface area contributed by atoms with Crippen LogP contribution in [-0.2, 0) is 4.79 Å². The second-order valence-electron chi connectivity index (χ2n) is 3.10. The number of amides is 1. The minimum absolute atomic E-state index is 0.350. The normalized spacial score (nSPS) is 12.6. The number of alkyl halides is 2. The first kappa shape index (κ1) is 11.3. The number of nitrogens with one attached hydrogen (secondary N) is 1. The van der Waals surface area contributed by atoms with Crippen LogP contribution in [0.2, 0.25) is 0 Å². The Hall–Kier alpha value is -1.20. The Bertz CT molecular complexity index is 483. The molecule has 0 saturated carbocycles. The smallest absolute Gasteiger partial charge is 0.261 e. The first-order valence-electron chi connectivity index (χ1n) is 4.57. The monoisotopic (exact) mass is 258 g/mol. The summed E-state index contributed by atoms with van der Waals surface area (Å²) in [5.41, 5.74) is 0.782. The molecule has 0 unspecified atom stereocenters. The van der Waals surface area contributed by atoms with E-state index in [1.807, 2.05) is 24.3 Å². The van der Waals surface area contributed by atoms with E-state index in [2.05, 4.69) is 10.3 Å². The lowest BCUT2D eigenvalue weighted by Crippen LogP contribution is -2.25. The van der Waals surface area contributed by atoms with Crippen LogP contribution in [0.1, 0.15) is 0 Å². The van der Waals surface area contributed by atoms with Crippen LogP contribution in [-0.4, -0.2) is 22.9 Å². The first-order valence-corrected chi connectivity index (χ1v) is 5.92. The molecule has 1 N–H and O–H groups in total. The number of para-hydroxylation sites is 1. The SMILES string of the molecule is O=C(Nc1nc2ccccc2s1)[C@@H](F)CCl. The van der Waals surface area contributed by atoms with Crippen molar-refractivity contribution >= 4 is 44.2 Å². The number of thiazole rings is 1. The summed E-state index contributed by atoms with van der Waals surface area (Å²) in [5.74, 6) is -1.11. The molecule has 0 aliphatic heterocycles. The Morgan fingerprint density at radius 3 is 3.00 bits per heavy atom. The van der Waals surface area contributed by atoms with E-state index < -0.39 is 12.1 Å². The molecule has 0 radical (unpaired) electrons. The van der Waals surface area contributed by atoms with Crippen molar-refractivity contribution in [2.45, 2.75) is 6.17 Å². The Balaban J connectivity index is 2.18. The van der Waals surface area contributed by atoms with Crippen LogP contribution in [0.4, 0.5) is 9.52 Å². The van der Waals surface area contributed by atoms with Crippen LogP contribution in [0.3, 0.4) is 0 Å². The van der Waals surface area contributed by atoms with Gasteiger partial charge in [0.05, 0.1) is 16.1 Å². The molecule has 2 rings (SSSR count). The summed E-state index contributed by atoms with van der Waals surface area (Å²) < 4.78 is 13.8. The second-order valence-corrected chi connectivity index (χ2v) is 4.44. The third-order valence-corrected chi connectivity index (χ3v) is 3.17. The highest BCUT2D eigenvalue weighted by Crippen LogP contribution is 2.25. The van der Waals surface area contributed by atoms with E-state index in [4.69, 9.17) is 11.6 Å². The number of nitrogens with zero attached hydrogens (tertiary/aromatic N) is 1. The fraction of sp³-hybridized carbons (Fsp3) is 0.200. The van der Waals surface area contributed by atoms with Crippen molar-refractivity contribution < 1.29 is 9.18 Å². The summed E-state index contributed by atoms with van der Waals surface area (Å²) in [6, 6.07) is 7.44. The zero-order chi connectivity index (χ0) is 11.5. The second kappa shape index (κ2) is 4.76. The third kappa shape index (κ3) is 2.31. The average Bonchev–Trinajstić information content (AvgIpc) is 2.69. The first-order chi connectivity index (χ1) is 7.70. The summed E-state index contributed by atoms with van der Waals surface area (Å²) in [7, 11) is 0. The number of hydrogen-bond acceptors (Lipinski definition) is 3. The third-order valence-electron chi connectivity index (χ3n) is 1.94. The number of fused-ring (bicyclic) bond motifs is 1. The predicted molar refractivity (Wildman–Crippen MR) is 63.9 cm³/mol. The topological polar surface area (TPSA) is 42.0 Å². The Labute approximate surface area is 100 Å². The lowest BCUT2D eigenvalue weighted by molar-refractivity contribution is -0.120. The van der Waals surface area contributed by atoms with Crippen molar-refractivity contribution in [3.05, 3.63) is 24.3 Å². The van der Waals surface area contributed by atoms with Gasteiger partial charge in [0.15, 0.2) is 11.3 Å². The van der Waals surface area contributed by atoms with Crippen LogP contribution < -0.4 is 5.32 Å². The van der Waals surface area contributed by atoms with Crippen LogP contribution in [0.5, 0.6) is 0 Å². The zero-order valence-corrected chi connectivity index (χ0v) is 9.69. The van der Waals surface area contributed by atoms with Crippen molar-refractivity contribution in [3.63, 3.8) is 0 Å².